The van der Waals surface area contributed by atoms with E-state index < -0.39 is 0 Å². The zero-order chi connectivity index (χ0) is 16.4. The highest BCUT2D eigenvalue weighted by molar-refractivity contribution is 7.99. The lowest BCUT2D eigenvalue weighted by Crippen LogP contribution is -2.33. The number of ether oxygens (including phenoxy) is 1. The first kappa shape index (κ1) is 15.6. The summed E-state index contributed by atoms with van der Waals surface area (Å²) in [6.45, 7) is 3.08. The third-order valence-corrected chi connectivity index (χ3v) is 5.85. The monoisotopic (exact) mass is 343 g/mol. The van der Waals surface area contributed by atoms with Gasteiger partial charge < -0.3 is 9.64 Å². The van der Waals surface area contributed by atoms with Gasteiger partial charge in [0.25, 0.3) is 5.91 Å². The van der Waals surface area contributed by atoms with E-state index in [1.165, 1.54) is 5.56 Å². The fourth-order valence-electron chi connectivity index (χ4n) is 3.24. The molecule has 1 fully saturated rings. The van der Waals surface area contributed by atoms with Gasteiger partial charge in [-0.2, -0.15) is 16.9 Å². The average Bonchev–Trinajstić information content (AvgIpc) is 2.91. The Morgan fingerprint density at radius 2 is 2.08 bits per heavy atom. The topological polar surface area (TPSA) is 47.4 Å². The molecule has 0 unspecified atom stereocenters. The molecule has 2 aromatic rings. The normalized spacial score (nSPS) is 20.8. The minimum Gasteiger partial charge on any atom is -0.478 e. The molecule has 0 radical (unpaired) electrons. The number of benzene rings is 1. The number of aromatic nitrogens is 2. The summed E-state index contributed by atoms with van der Waals surface area (Å²) in [4.78, 5) is 14.7. The fraction of sp³-hybridized carbons (Fsp3) is 0.444. The van der Waals surface area contributed by atoms with Crippen LogP contribution >= 0.6 is 11.8 Å². The van der Waals surface area contributed by atoms with Crippen LogP contribution in [0.1, 0.15) is 34.1 Å². The molecule has 3 heterocycles. The summed E-state index contributed by atoms with van der Waals surface area (Å²) in [5.74, 6) is 1.70. The summed E-state index contributed by atoms with van der Waals surface area (Å²) in [5.41, 5.74) is 1.86. The molecule has 0 saturated carbocycles. The van der Waals surface area contributed by atoms with E-state index in [9.17, 15) is 4.79 Å². The van der Waals surface area contributed by atoms with E-state index in [0.29, 0.717) is 17.6 Å². The molecule has 1 aromatic carbocycles. The predicted molar refractivity (Wildman–Crippen MR) is 94.5 cm³/mol. The molecular weight excluding hydrogens is 322 g/mol. The number of amides is 1. The SMILES string of the molecule is O=C(c1cc2n(n1)CCCO2)N1CCS[C@H](c2ccccc2)CC1. The molecule has 1 saturated heterocycles. The number of nitrogens with zero attached hydrogens (tertiary/aromatic N) is 3. The maximum absolute atomic E-state index is 12.8. The summed E-state index contributed by atoms with van der Waals surface area (Å²) in [6.07, 6.45) is 1.92. The smallest absolute Gasteiger partial charge is 0.274 e. The van der Waals surface area contributed by atoms with Crippen molar-refractivity contribution >= 4 is 17.7 Å². The van der Waals surface area contributed by atoms with Crippen molar-refractivity contribution in [2.24, 2.45) is 0 Å². The second-order valence-corrected chi connectivity index (χ2v) is 7.45. The van der Waals surface area contributed by atoms with Crippen LogP contribution in [0.25, 0.3) is 0 Å². The van der Waals surface area contributed by atoms with Crippen molar-refractivity contribution in [1.82, 2.24) is 14.7 Å². The maximum Gasteiger partial charge on any atom is 0.274 e. The highest BCUT2D eigenvalue weighted by Gasteiger charge is 2.26. The Kier molecular flexibility index (Phi) is 4.47. The number of fused-ring (bicyclic) bond motifs is 1. The molecule has 0 spiro atoms. The number of hydrogen-bond donors (Lipinski definition) is 0. The second-order valence-electron chi connectivity index (χ2n) is 6.14. The molecule has 6 heteroatoms. The molecule has 0 aliphatic carbocycles. The number of thioether (sulfide) groups is 1. The van der Waals surface area contributed by atoms with E-state index in [-0.39, 0.29) is 5.91 Å². The van der Waals surface area contributed by atoms with Gasteiger partial charge in [-0.05, 0) is 12.0 Å². The van der Waals surface area contributed by atoms with Gasteiger partial charge in [0.1, 0.15) is 0 Å². The summed E-state index contributed by atoms with van der Waals surface area (Å²) < 4.78 is 7.37. The molecule has 0 N–H and O–H groups in total. The first-order chi connectivity index (χ1) is 11.8. The number of carbonyl (C=O) groups excluding carboxylic acids is 1. The fourth-order valence-corrected chi connectivity index (χ4v) is 4.47. The van der Waals surface area contributed by atoms with E-state index in [2.05, 4.69) is 29.4 Å². The Labute approximate surface area is 146 Å². The van der Waals surface area contributed by atoms with Gasteiger partial charge in [0.2, 0.25) is 5.88 Å². The minimum atomic E-state index is 0.0230. The van der Waals surface area contributed by atoms with Crippen molar-refractivity contribution < 1.29 is 9.53 Å². The predicted octanol–water partition coefficient (Wildman–Crippen LogP) is 2.99. The zero-order valence-electron chi connectivity index (χ0n) is 13.6. The van der Waals surface area contributed by atoms with Crippen molar-refractivity contribution in [2.75, 3.05) is 25.4 Å². The quantitative estimate of drug-likeness (QED) is 0.841. The van der Waals surface area contributed by atoms with Gasteiger partial charge in [0.15, 0.2) is 5.69 Å². The summed E-state index contributed by atoms with van der Waals surface area (Å²) in [5, 5.41) is 4.89. The van der Waals surface area contributed by atoms with E-state index >= 15 is 0 Å². The Bertz CT molecular complexity index is 693. The third kappa shape index (κ3) is 3.15. The number of rotatable bonds is 2. The van der Waals surface area contributed by atoms with Crippen LogP contribution in [0, 0.1) is 0 Å². The molecule has 1 aromatic heterocycles. The van der Waals surface area contributed by atoms with Gasteiger partial charge in [-0.1, -0.05) is 30.3 Å². The van der Waals surface area contributed by atoms with Crippen LogP contribution < -0.4 is 4.74 Å². The lowest BCUT2D eigenvalue weighted by Gasteiger charge is -2.19. The Balaban J connectivity index is 1.45. The Morgan fingerprint density at radius 1 is 1.21 bits per heavy atom. The van der Waals surface area contributed by atoms with Gasteiger partial charge in [-0.25, -0.2) is 4.68 Å². The number of hydrogen-bond acceptors (Lipinski definition) is 4. The van der Waals surface area contributed by atoms with Crippen LogP contribution in [0.3, 0.4) is 0 Å². The largest absolute Gasteiger partial charge is 0.478 e. The van der Waals surface area contributed by atoms with Crippen molar-refractivity contribution in [3.05, 3.63) is 47.7 Å². The molecule has 4 rings (SSSR count). The van der Waals surface area contributed by atoms with Crippen LogP contribution in [-0.4, -0.2) is 46.0 Å². The molecule has 2 aliphatic heterocycles. The molecule has 1 atom stereocenters. The molecule has 126 valence electrons. The number of aryl methyl sites for hydroxylation is 1. The summed E-state index contributed by atoms with van der Waals surface area (Å²) in [6, 6.07) is 12.3. The highest BCUT2D eigenvalue weighted by atomic mass is 32.2. The zero-order valence-corrected chi connectivity index (χ0v) is 14.4. The summed E-state index contributed by atoms with van der Waals surface area (Å²) >= 11 is 1.94. The Morgan fingerprint density at radius 3 is 2.92 bits per heavy atom. The van der Waals surface area contributed by atoms with Crippen LogP contribution in [0.2, 0.25) is 0 Å². The molecule has 1 amide bonds. The summed E-state index contributed by atoms with van der Waals surface area (Å²) in [7, 11) is 0. The van der Waals surface area contributed by atoms with Gasteiger partial charge in [-0.15, -0.1) is 0 Å². The van der Waals surface area contributed by atoms with Crippen molar-refractivity contribution in [3.63, 3.8) is 0 Å². The first-order valence-corrected chi connectivity index (χ1v) is 9.52. The second kappa shape index (κ2) is 6.89. The highest BCUT2D eigenvalue weighted by Crippen LogP contribution is 2.34. The van der Waals surface area contributed by atoms with Crippen LogP contribution in [-0.2, 0) is 6.54 Å². The third-order valence-electron chi connectivity index (χ3n) is 4.53. The van der Waals surface area contributed by atoms with E-state index in [0.717, 1.165) is 44.1 Å². The molecule has 5 nitrogen and oxygen atoms in total. The minimum absolute atomic E-state index is 0.0230. The lowest BCUT2D eigenvalue weighted by molar-refractivity contribution is 0.0759. The van der Waals surface area contributed by atoms with E-state index in [4.69, 9.17) is 4.74 Å². The van der Waals surface area contributed by atoms with Crippen molar-refractivity contribution in [3.8, 4) is 5.88 Å². The van der Waals surface area contributed by atoms with E-state index in [1.807, 2.05) is 22.7 Å². The van der Waals surface area contributed by atoms with Gasteiger partial charge in [0, 0.05) is 43.1 Å². The van der Waals surface area contributed by atoms with Crippen LogP contribution in [0.4, 0.5) is 0 Å². The van der Waals surface area contributed by atoms with Crippen molar-refractivity contribution in [2.45, 2.75) is 24.6 Å². The van der Waals surface area contributed by atoms with E-state index in [1.54, 1.807) is 10.7 Å². The Hall–Kier alpha value is -1.95. The average molecular weight is 343 g/mol. The van der Waals surface area contributed by atoms with Crippen LogP contribution in [0.15, 0.2) is 36.4 Å². The molecule has 24 heavy (non-hydrogen) atoms. The molecular formula is C18H21N3O2S. The van der Waals surface area contributed by atoms with Gasteiger partial charge in [-0.3, -0.25) is 4.79 Å². The standard InChI is InChI=1S/C18H21N3O2S/c22-18(15-13-17-21(19-15)8-4-11-23-17)20-9-7-16(24-12-10-20)14-5-2-1-3-6-14/h1-3,5-6,13,16H,4,7-12H2/t16-/m0/s1. The van der Waals surface area contributed by atoms with Crippen LogP contribution in [0.5, 0.6) is 5.88 Å². The number of carbonyl (C=O) groups is 1. The van der Waals surface area contributed by atoms with Crippen molar-refractivity contribution in [1.29, 1.82) is 0 Å². The molecule has 2 aliphatic rings. The first-order valence-electron chi connectivity index (χ1n) is 8.48. The maximum atomic E-state index is 12.8. The van der Waals surface area contributed by atoms with Gasteiger partial charge >= 0.3 is 0 Å². The molecule has 0 bridgehead atoms. The lowest BCUT2D eigenvalue weighted by atomic mass is 10.1. The van der Waals surface area contributed by atoms with Gasteiger partial charge in [0.05, 0.1) is 6.61 Å².